The van der Waals surface area contributed by atoms with Gasteiger partial charge >= 0.3 is 0 Å². The molecule has 2 aromatic rings. The third-order valence-electron chi connectivity index (χ3n) is 5.75. The second-order valence-electron chi connectivity index (χ2n) is 7.66. The van der Waals surface area contributed by atoms with Crippen LogP contribution < -0.4 is 4.90 Å². The fourth-order valence-electron chi connectivity index (χ4n) is 4.30. The Bertz CT molecular complexity index is 948. The van der Waals surface area contributed by atoms with Gasteiger partial charge in [0.1, 0.15) is 12.4 Å². The van der Waals surface area contributed by atoms with Crippen molar-refractivity contribution in [2.75, 3.05) is 31.1 Å². The molecule has 3 amide bonds. The summed E-state index contributed by atoms with van der Waals surface area (Å²) in [5, 5.41) is 3.83. The molecule has 8 heteroatoms. The van der Waals surface area contributed by atoms with Crippen LogP contribution in [0.25, 0.3) is 0 Å². The maximum Gasteiger partial charge on any atom is 0.246 e. The molecule has 1 aromatic carbocycles. The van der Waals surface area contributed by atoms with E-state index in [2.05, 4.69) is 0 Å². The van der Waals surface area contributed by atoms with Gasteiger partial charge in [-0.3, -0.25) is 14.4 Å². The third kappa shape index (κ3) is 3.76. The van der Waals surface area contributed by atoms with E-state index < -0.39 is 5.54 Å². The zero-order chi connectivity index (χ0) is 20.6. The van der Waals surface area contributed by atoms with E-state index in [4.69, 9.17) is 0 Å². The van der Waals surface area contributed by atoms with Crippen molar-refractivity contribution in [3.8, 4) is 0 Å². The monoisotopic (exact) mass is 415 g/mol. The minimum Gasteiger partial charge on any atom is -0.340 e. The summed E-state index contributed by atoms with van der Waals surface area (Å²) in [4.78, 5) is 42.9. The first-order chi connectivity index (χ1) is 13.9. The largest absolute Gasteiger partial charge is 0.340 e. The van der Waals surface area contributed by atoms with Crippen molar-refractivity contribution in [2.45, 2.75) is 25.3 Å². The van der Waals surface area contributed by atoms with E-state index in [-0.39, 0.29) is 36.5 Å². The van der Waals surface area contributed by atoms with Crippen molar-refractivity contribution < 1.29 is 18.8 Å². The second-order valence-corrected chi connectivity index (χ2v) is 8.44. The maximum atomic E-state index is 13.4. The van der Waals surface area contributed by atoms with Crippen molar-refractivity contribution >= 4 is 34.7 Å². The quantitative estimate of drug-likeness (QED) is 0.773. The molecule has 0 unspecified atom stereocenters. The fourth-order valence-corrected chi connectivity index (χ4v) is 4.94. The molecule has 2 aliphatic heterocycles. The Balaban J connectivity index is 1.54. The minimum atomic E-state index is -0.598. The van der Waals surface area contributed by atoms with Crippen LogP contribution in [0.5, 0.6) is 0 Å². The van der Waals surface area contributed by atoms with Gasteiger partial charge in [0.2, 0.25) is 17.7 Å². The highest BCUT2D eigenvalue weighted by molar-refractivity contribution is 7.08. The zero-order valence-electron chi connectivity index (χ0n) is 16.1. The Hall–Kier alpha value is -2.74. The van der Waals surface area contributed by atoms with Gasteiger partial charge in [0, 0.05) is 25.4 Å². The van der Waals surface area contributed by atoms with Gasteiger partial charge in [-0.05, 0) is 35.6 Å². The molecule has 4 rings (SSSR count). The number of likely N-dealkylation sites (tertiary alicyclic amines) is 1. The molecule has 3 heterocycles. The van der Waals surface area contributed by atoms with E-state index in [0.717, 1.165) is 5.69 Å². The number of carbonyl (C=O) groups is 3. The number of amides is 3. The van der Waals surface area contributed by atoms with Crippen molar-refractivity contribution in [1.29, 1.82) is 0 Å². The summed E-state index contributed by atoms with van der Waals surface area (Å²) in [5.74, 6) is -0.750. The van der Waals surface area contributed by atoms with Crippen molar-refractivity contribution in [2.24, 2.45) is 0 Å². The second kappa shape index (κ2) is 7.59. The predicted molar refractivity (Wildman–Crippen MR) is 108 cm³/mol. The van der Waals surface area contributed by atoms with Crippen LogP contribution in [0.3, 0.4) is 0 Å². The average Bonchev–Trinajstić information content (AvgIpc) is 3.34. The molecule has 152 valence electrons. The molecule has 29 heavy (non-hydrogen) atoms. The number of rotatable bonds is 3. The van der Waals surface area contributed by atoms with Crippen LogP contribution in [0.1, 0.15) is 18.9 Å². The van der Waals surface area contributed by atoms with Gasteiger partial charge in [0.05, 0.1) is 24.2 Å². The number of anilines is 1. The first-order valence-corrected chi connectivity index (χ1v) is 10.5. The smallest absolute Gasteiger partial charge is 0.246 e. The van der Waals surface area contributed by atoms with E-state index in [1.165, 1.54) is 30.4 Å². The Morgan fingerprint density at radius 3 is 2.76 bits per heavy atom. The highest BCUT2D eigenvalue weighted by Crippen LogP contribution is 2.35. The molecule has 0 saturated carbocycles. The molecule has 0 aliphatic carbocycles. The van der Waals surface area contributed by atoms with E-state index in [1.54, 1.807) is 26.8 Å². The molecule has 6 nitrogen and oxygen atoms in total. The maximum absolute atomic E-state index is 13.4. The van der Waals surface area contributed by atoms with Gasteiger partial charge in [-0.25, -0.2) is 4.39 Å². The lowest BCUT2D eigenvalue weighted by atomic mass is 9.92. The molecule has 0 radical (unpaired) electrons. The van der Waals surface area contributed by atoms with E-state index in [0.29, 0.717) is 31.6 Å². The highest BCUT2D eigenvalue weighted by atomic mass is 32.1. The first kappa shape index (κ1) is 19.6. The summed E-state index contributed by atoms with van der Waals surface area (Å²) < 4.78 is 13.4. The van der Waals surface area contributed by atoms with Crippen molar-refractivity contribution in [1.82, 2.24) is 9.80 Å². The molecular formula is C21H22FN3O3S. The Labute approximate surface area is 172 Å². The summed E-state index contributed by atoms with van der Waals surface area (Å²) in [6, 6.07) is 7.92. The number of nitrogens with zero attached hydrogens (tertiary/aromatic N) is 3. The number of halogens is 1. The lowest BCUT2D eigenvalue weighted by molar-refractivity contribution is -0.143. The van der Waals surface area contributed by atoms with Crippen molar-refractivity contribution in [3.63, 3.8) is 0 Å². The third-order valence-corrected chi connectivity index (χ3v) is 6.42. The molecule has 0 N–H and O–H groups in total. The van der Waals surface area contributed by atoms with Gasteiger partial charge < -0.3 is 14.7 Å². The van der Waals surface area contributed by atoms with Crippen LogP contribution in [0.4, 0.5) is 10.1 Å². The molecular weight excluding hydrogens is 393 g/mol. The topological polar surface area (TPSA) is 60.9 Å². The van der Waals surface area contributed by atoms with E-state index in [1.807, 2.05) is 16.8 Å². The number of carbonyl (C=O) groups excluding carboxylic acids is 3. The van der Waals surface area contributed by atoms with Crippen LogP contribution in [-0.4, -0.2) is 59.2 Å². The van der Waals surface area contributed by atoms with Gasteiger partial charge in [-0.2, -0.15) is 11.3 Å². The number of benzene rings is 1. The predicted octanol–water partition coefficient (Wildman–Crippen LogP) is 2.30. The standard InChI is InChI=1S/C21H22FN3O3S/c1-15(26)25-11-20(28)24(18-5-8-29-12-18)14-21(25)6-7-23(13-21)19(27)10-16-3-2-4-17(22)9-16/h2-5,8-9,12H,6-7,10-11,13-14H2,1H3/t21-/m1/s1. The van der Waals surface area contributed by atoms with Gasteiger partial charge in [-0.15, -0.1) is 0 Å². The minimum absolute atomic E-state index is 0.0110. The summed E-state index contributed by atoms with van der Waals surface area (Å²) in [6.45, 7) is 2.72. The number of hydrogen-bond acceptors (Lipinski definition) is 4. The molecule has 2 fully saturated rings. The van der Waals surface area contributed by atoms with Crippen LogP contribution in [-0.2, 0) is 20.8 Å². The highest BCUT2D eigenvalue weighted by Gasteiger charge is 2.51. The Kier molecular flexibility index (Phi) is 5.12. The SMILES string of the molecule is CC(=O)N1CC(=O)N(c2ccsc2)C[C@]12CCN(C(=O)Cc1cccc(F)c1)C2. The van der Waals surface area contributed by atoms with Crippen molar-refractivity contribution in [3.05, 3.63) is 52.5 Å². The van der Waals surface area contributed by atoms with Crippen LogP contribution >= 0.6 is 11.3 Å². The molecule has 2 aliphatic rings. The fraction of sp³-hybridized carbons (Fsp3) is 0.381. The zero-order valence-corrected chi connectivity index (χ0v) is 17.0. The van der Waals surface area contributed by atoms with Crippen LogP contribution in [0.2, 0.25) is 0 Å². The number of piperazine rings is 1. The normalized spacial score (nSPS) is 21.9. The van der Waals surface area contributed by atoms with E-state index >= 15 is 0 Å². The van der Waals surface area contributed by atoms with Crippen LogP contribution in [0.15, 0.2) is 41.1 Å². The Morgan fingerprint density at radius 1 is 1.24 bits per heavy atom. The first-order valence-electron chi connectivity index (χ1n) is 9.51. The van der Waals surface area contributed by atoms with E-state index in [9.17, 15) is 18.8 Å². The van der Waals surface area contributed by atoms with Gasteiger partial charge in [0.15, 0.2) is 0 Å². The molecule has 2 saturated heterocycles. The molecule has 0 bridgehead atoms. The lowest BCUT2D eigenvalue weighted by Gasteiger charge is -2.47. The number of hydrogen-bond donors (Lipinski definition) is 0. The average molecular weight is 415 g/mol. The summed E-state index contributed by atoms with van der Waals surface area (Å²) in [5.41, 5.74) is 0.851. The van der Waals surface area contributed by atoms with Gasteiger partial charge in [-0.1, -0.05) is 12.1 Å². The lowest BCUT2D eigenvalue weighted by Crippen LogP contribution is -2.67. The Morgan fingerprint density at radius 2 is 2.07 bits per heavy atom. The summed E-state index contributed by atoms with van der Waals surface area (Å²) in [6.07, 6.45) is 0.719. The van der Waals surface area contributed by atoms with Gasteiger partial charge in [0.25, 0.3) is 0 Å². The summed E-state index contributed by atoms with van der Waals surface area (Å²) in [7, 11) is 0. The summed E-state index contributed by atoms with van der Waals surface area (Å²) >= 11 is 1.51. The molecule has 1 spiro atoms. The van der Waals surface area contributed by atoms with Crippen LogP contribution in [0, 0.1) is 5.82 Å². The molecule has 1 atom stereocenters. The number of thiophene rings is 1. The molecule has 1 aromatic heterocycles.